The van der Waals surface area contributed by atoms with Gasteiger partial charge in [-0.15, -0.1) is 0 Å². The number of hydrogen-bond donors (Lipinski definition) is 1. The molecule has 0 aromatic carbocycles. The van der Waals surface area contributed by atoms with Crippen molar-refractivity contribution >= 4 is 11.9 Å². The number of amides is 1. The lowest BCUT2D eigenvalue weighted by molar-refractivity contribution is -0.165. The van der Waals surface area contributed by atoms with Crippen molar-refractivity contribution in [2.75, 3.05) is 26.9 Å². The largest absolute Gasteiger partial charge is 0.451 e. The third kappa shape index (κ3) is 10.3. The Kier molecular flexibility index (Phi) is 10.9. The molecule has 0 bridgehead atoms. The number of hydrogen-bond acceptors (Lipinski definition) is 5. The van der Waals surface area contributed by atoms with Gasteiger partial charge in [0.2, 0.25) is 0 Å². The first-order valence-corrected chi connectivity index (χ1v) is 7.47. The van der Waals surface area contributed by atoms with Crippen LogP contribution < -0.4 is 5.32 Å². The van der Waals surface area contributed by atoms with E-state index in [9.17, 15) is 9.59 Å². The Hall–Kier alpha value is -1.14. The molecule has 2 atom stereocenters. The molecule has 0 aliphatic carbocycles. The molecular formula is C15H29NO5. The van der Waals surface area contributed by atoms with Gasteiger partial charge < -0.3 is 19.5 Å². The first kappa shape index (κ1) is 19.9. The molecule has 0 aromatic heterocycles. The van der Waals surface area contributed by atoms with Crippen LogP contribution in [-0.2, 0) is 23.8 Å². The summed E-state index contributed by atoms with van der Waals surface area (Å²) in [4.78, 5) is 23.5. The minimum atomic E-state index is -0.823. The third-order valence-electron chi connectivity index (χ3n) is 2.88. The molecule has 1 amide bonds. The minimum Gasteiger partial charge on any atom is -0.451 e. The van der Waals surface area contributed by atoms with Crippen LogP contribution in [0.5, 0.6) is 0 Å². The smallest absolute Gasteiger partial charge is 0.335 e. The zero-order valence-electron chi connectivity index (χ0n) is 13.8. The molecule has 1 N–H and O–H groups in total. The number of rotatable bonds is 11. The van der Waals surface area contributed by atoms with Crippen LogP contribution in [0.25, 0.3) is 0 Å². The number of carbonyl (C=O) groups excluding carboxylic acids is 2. The maximum Gasteiger partial charge on any atom is 0.335 e. The lowest BCUT2D eigenvalue weighted by atomic mass is 10.1. The summed E-state index contributed by atoms with van der Waals surface area (Å²) in [6, 6.07) is 0. The van der Waals surface area contributed by atoms with E-state index >= 15 is 0 Å². The molecule has 0 saturated carbocycles. The highest BCUT2D eigenvalue weighted by atomic mass is 16.6. The molecule has 0 radical (unpaired) electrons. The fourth-order valence-corrected chi connectivity index (χ4v) is 1.44. The minimum absolute atomic E-state index is 0.311. The van der Waals surface area contributed by atoms with Crippen LogP contribution >= 0.6 is 0 Å². The molecular weight excluding hydrogens is 274 g/mol. The molecule has 2 unspecified atom stereocenters. The van der Waals surface area contributed by atoms with Crippen molar-refractivity contribution in [3.05, 3.63) is 0 Å². The Morgan fingerprint density at radius 2 is 1.71 bits per heavy atom. The fourth-order valence-electron chi connectivity index (χ4n) is 1.44. The zero-order chi connectivity index (χ0) is 16.3. The molecule has 0 saturated heterocycles. The number of ether oxygens (including phenoxy) is 3. The number of nitrogens with one attached hydrogen (secondary N) is 1. The lowest BCUT2D eigenvalue weighted by Gasteiger charge is -2.17. The van der Waals surface area contributed by atoms with Gasteiger partial charge in [0.05, 0.1) is 0 Å². The summed E-state index contributed by atoms with van der Waals surface area (Å²) in [6.07, 6.45) is 0.119. The molecule has 0 aromatic rings. The third-order valence-corrected chi connectivity index (χ3v) is 2.88. The van der Waals surface area contributed by atoms with Crippen molar-refractivity contribution in [3.8, 4) is 0 Å². The van der Waals surface area contributed by atoms with Gasteiger partial charge in [-0.2, -0.15) is 0 Å². The zero-order valence-corrected chi connectivity index (χ0v) is 13.8. The molecule has 0 fully saturated rings. The van der Waals surface area contributed by atoms with E-state index in [-0.39, 0.29) is 5.91 Å². The van der Waals surface area contributed by atoms with Gasteiger partial charge in [-0.1, -0.05) is 13.8 Å². The van der Waals surface area contributed by atoms with E-state index < -0.39 is 18.2 Å². The highest BCUT2D eigenvalue weighted by Crippen LogP contribution is 2.04. The average Bonchev–Trinajstić information content (AvgIpc) is 2.42. The van der Waals surface area contributed by atoms with E-state index in [1.54, 1.807) is 21.0 Å². The molecule has 6 nitrogen and oxygen atoms in total. The second-order valence-electron chi connectivity index (χ2n) is 5.41. The lowest BCUT2D eigenvalue weighted by Crippen LogP contribution is -2.38. The Labute approximate surface area is 127 Å². The van der Waals surface area contributed by atoms with E-state index in [1.807, 2.05) is 0 Å². The quantitative estimate of drug-likeness (QED) is 0.463. The van der Waals surface area contributed by atoms with Gasteiger partial charge in [-0.05, 0) is 32.6 Å². The Morgan fingerprint density at radius 3 is 2.29 bits per heavy atom. The predicted octanol–water partition coefficient (Wildman–Crippen LogP) is 1.52. The van der Waals surface area contributed by atoms with E-state index in [4.69, 9.17) is 14.2 Å². The van der Waals surface area contributed by atoms with E-state index in [2.05, 4.69) is 19.2 Å². The van der Waals surface area contributed by atoms with Crippen LogP contribution in [0.4, 0.5) is 0 Å². The molecule has 0 heterocycles. The maximum absolute atomic E-state index is 11.8. The second-order valence-corrected chi connectivity index (χ2v) is 5.41. The van der Waals surface area contributed by atoms with Crippen LogP contribution in [0.3, 0.4) is 0 Å². The van der Waals surface area contributed by atoms with Crippen molar-refractivity contribution in [2.24, 2.45) is 5.92 Å². The first-order chi connectivity index (χ1) is 9.88. The molecule has 0 aliphatic heterocycles. The van der Waals surface area contributed by atoms with Gasteiger partial charge in [0.15, 0.2) is 12.2 Å². The highest BCUT2D eigenvalue weighted by molar-refractivity contribution is 5.84. The van der Waals surface area contributed by atoms with Gasteiger partial charge >= 0.3 is 5.97 Å². The summed E-state index contributed by atoms with van der Waals surface area (Å²) in [5.74, 6) is -0.308. The van der Waals surface area contributed by atoms with Crippen molar-refractivity contribution in [1.82, 2.24) is 5.32 Å². The standard InChI is InChI=1S/C15H29NO5/c1-11(2)7-10-20-13(4)15(18)21-12(3)14(17)16-8-6-9-19-5/h11-13H,6-10H2,1-5H3,(H,16,17). The van der Waals surface area contributed by atoms with Crippen LogP contribution in [0.1, 0.15) is 40.5 Å². The fraction of sp³-hybridized carbons (Fsp3) is 0.867. The summed E-state index contributed by atoms with van der Waals surface area (Å²) in [5.41, 5.74) is 0. The molecule has 0 aliphatic rings. The van der Waals surface area contributed by atoms with E-state index in [0.29, 0.717) is 25.7 Å². The van der Waals surface area contributed by atoms with E-state index in [0.717, 1.165) is 12.8 Å². The summed E-state index contributed by atoms with van der Waals surface area (Å²) in [7, 11) is 1.60. The van der Waals surface area contributed by atoms with Crippen LogP contribution in [0.15, 0.2) is 0 Å². The van der Waals surface area contributed by atoms with E-state index in [1.165, 1.54) is 0 Å². The average molecular weight is 303 g/mol. The van der Waals surface area contributed by atoms with Crippen molar-refractivity contribution in [2.45, 2.75) is 52.7 Å². The molecule has 21 heavy (non-hydrogen) atoms. The molecule has 0 spiro atoms. The van der Waals surface area contributed by atoms with Gasteiger partial charge in [-0.25, -0.2) is 4.79 Å². The second kappa shape index (κ2) is 11.5. The molecule has 124 valence electrons. The topological polar surface area (TPSA) is 73.9 Å². The molecule has 0 rings (SSSR count). The SMILES string of the molecule is COCCCNC(=O)C(C)OC(=O)C(C)OCCC(C)C. The Bertz CT molecular complexity index is 306. The van der Waals surface area contributed by atoms with Gasteiger partial charge in [0, 0.05) is 26.9 Å². The summed E-state index contributed by atoms with van der Waals surface area (Å²) in [5, 5.41) is 2.68. The number of methoxy groups -OCH3 is 1. The Balaban J connectivity index is 3.92. The van der Waals surface area contributed by atoms with Crippen LogP contribution in [0.2, 0.25) is 0 Å². The van der Waals surface area contributed by atoms with Crippen molar-refractivity contribution < 1.29 is 23.8 Å². The monoisotopic (exact) mass is 303 g/mol. The maximum atomic E-state index is 11.8. The summed E-state index contributed by atoms with van der Waals surface area (Å²) in [6.45, 7) is 8.93. The Morgan fingerprint density at radius 1 is 1.05 bits per heavy atom. The molecule has 6 heteroatoms. The summed E-state index contributed by atoms with van der Waals surface area (Å²) >= 11 is 0. The predicted molar refractivity (Wildman–Crippen MR) is 79.9 cm³/mol. The van der Waals surface area contributed by atoms with Crippen molar-refractivity contribution in [3.63, 3.8) is 0 Å². The number of esters is 1. The number of carbonyl (C=O) groups is 2. The highest BCUT2D eigenvalue weighted by Gasteiger charge is 2.22. The van der Waals surface area contributed by atoms with Crippen LogP contribution in [-0.4, -0.2) is 51.0 Å². The van der Waals surface area contributed by atoms with Gasteiger partial charge in [0.1, 0.15) is 0 Å². The van der Waals surface area contributed by atoms with Crippen molar-refractivity contribution in [1.29, 1.82) is 0 Å². The first-order valence-electron chi connectivity index (χ1n) is 7.47. The van der Waals surface area contributed by atoms with Gasteiger partial charge in [-0.3, -0.25) is 4.79 Å². The van der Waals surface area contributed by atoms with Crippen LogP contribution in [0, 0.1) is 5.92 Å². The normalized spacial score (nSPS) is 13.8. The summed E-state index contributed by atoms with van der Waals surface area (Å²) < 4.78 is 15.3. The van der Waals surface area contributed by atoms with Gasteiger partial charge in [0.25, 0.3) is 5.91 Å².